The van der Waals surface area contributed by atoms with Crippen molar-refractivity contribution in [3.63, 3.8) is 0 Å². The van der Waals surface area contributed by atoms with E-state index in [1.807, 2.05) is 0 Å². The summed E-state index contributed by atoms with van der Waals surface area (Å²) in [5, 5.41) is 4.59. The van der Waals surface area contributed by atoms with Gasteiger partial charge >= 0.3 is 0 Å². The average Bonchev–Trinajstić information content (AvgIpc) is 2.74. The third-order valence-corrected chi connectivity index (χ3v) is 4.08. The minimum atomic E-state index is 0.594. The van der Waals surface area contributed by atoms with Crippen LogP contribution in [0.2, 0.25) is 0 Å². The summed E-state index contributed by atoms with van der Waals surface area (Å²) in [4.78, 5) is 8.30. The van der Waals surface area contributed by atoms with E-state index in [1.54, 1.807) is 18.4 Å². The molecule has 1 aromatic rings. The fourth-order valence-corrected chi connectivity index (χ4v) is 3.02. The van der Waals surface area contributed by atoms with Crippen molar-refractivity contribution in [2.24, 2.45) is 5.92 Å². The van der Waals surface area contributed by atoms with Crippen LogP contribution >= 0.6 is 11.3 Å². The number of rotatable bonds is 9. The van der Waals surface area contributed by atoms with Gasteiger partial charge in [0.1, 0.15) is 0 Å². The molecule has 19 heavy (non-hydrogen) atoms. The van der Waals surface area contributed by atoms with E-state index in [1.165, 1.54) is 4.88 Å². The van der Waals surface area contributed by atoms with E-state index in [4.69, 9.17) is 9.72 Å². The molecule has 1 N–H and O–H groups in total. The van der Waals surface area contributed by atoms with Crippen molar-refractivity contribution in [2.75, 3.05) is 31.6 Å². The zero-order chi connectivity index (χ0) is 14.3. The Kier molecular flexibility index (Phi) is 7.34. The first-order chi connectivity index (χ1) is 9.12. The van der Waals surface area contributed by atoms with E-state index in [9.17, 15) is 0 Å². The van der Waals surface area contributed by atoms with Crippen molar-refractivity contribution in [3.8, 4) is 0 Å². The Balaban J connectivity index is 2.76. The number of anilines is 1. The lowest BCUT2D eigenvalue weighted by atomic mass is 10.2. The molecule has 0 aromatic carbocycles. The SMILES string of the molecule is CCN(CC)c1nc(COC)c(CNCC(C)C)s1. The molecule has 0 spiro atoms. The largest absolute Gasteiger partial charge is 0.378 e. The fourth-order valence-electron chi connectivity index (χ4n) is 1.86. The average molecular weight is 285 g/mol. The summed E-state index contributed by atoms with van der Waals surface area (Å²) in [6.07, 6.45) is 0. The van der Waals surface area contributed by atoms with Crippen LogP contribution in [0.1, 0.15) is 38.3 Å². The van der Waals surface area contributed by atoms with Gasteiger partial charge in [0.2, 0.25) is 0 Å². The van der Waals surface area contributed by atoms with Gasteiger partial charge in [-0.05, 0) is 26.3 Å². The van der Waals surface area contributed by atoms with Crippen molar-refractivity contribution in [2.45, 2.75) is 40.8 Å². The molecule has 0 aliphatic heterocycles. The van der Waals surface area contributed by atoms with Crippen molar-refractivity contribution in [1.29, 1.82) is 0 Å². The molecule has 5 heteroatoms. The first-order valence-corrected chi connectivity index (χ1v) is 7.87. The second-order valence-electron chi connectivity index (χ2n) is 5.00. The van der Waals surface area contributed by atoms with E-state index in [0.717, 1.165) is 37.0 Å². The summed E-state index contributed by atoms with van der Waals surface area (Å²) >= 11 is 1.78. The maximum absolute atomic E-state index is 5.25. The third-order valence-electron chi connectivity index (χ3n) is 2.92. The van der Waals surface area contributed by atoms with Crippen LogP contribution in [-0.4, -0.2) is 31.7 Å². The van der Waals surface area contributed by atoms with Crippen LogP contribution in [-0.2, 0) is 17.9 Å². The van der Waals surface area contributed by atoms with E-state index in [0.29, 0.717) is 12.5 Å². The van der Waals surface area contributed by atoms with Crippen LogP contribution < -0.4 is 10.2 Å². The molecule has 4 nitrogen and oxygen atoms in total. The Bertz CT molecular complexity index is 362. The number of ether oxygens (including phenoxy) is 1. The Hall–Kier alpha value is -0.650. The maximum Gasteiger partial charge on any atom is 0.185 e. The first-order valence-electron chi connectivity index (χ1n) is 7.05. The quantitative estimate of drug-likeness (QED) is 0.757. The van der Waals surface area contributed by atoms with Gasteiger partial charge < -0.3 is 15.0 Å². The van der Waals surface area contributed by atoms with Gasteiger partial charge in [-0.1, -0.05) is 13.8 Å². The summed E-state index contributed by atoms with van der Waals surface area (Å²) in [6.45, 7) is 13.3. The zero-order valence-electron chi connectivity index (χ0n) is 12.8. The molecule has 0 aliphatic carbocycles. The topological polar surface area (TPSA) is 37.4 Å². The first kappa shape index (κ1) is 16.4. The molecule has 0 radical (unpaired) electrons. The van der Waals surface area contributed by atoms with Crippen molar-refractivity contribution in [3.05, 3.63) is 10.6 Å². The molecule has 0 bridgehead atoms. The Morgan fingerprint density at radius 2 is 2.00 bits per heavy atom. The lowest BCUT2D eigenvalue weighted by Gasteiger charge is -2.16. The summed E-state index contributed by atoms with van der Waals surface area (Å²) < 4.78 is 5.25. The molecule has 1 rings (SSSR count). The number of thiazole rings is 1. The highest BCUT2D eigenvalue weighted by molar-refractivity contribution is 7.15. The van der Waals surface area contributed by atoms with E-state index in [2.05, 4.69) is 37.9 Å². The summed E-state index contributed by atoms with van der Waals surface area (Å²) in [5.74, 6) is 0.668. The highest BCUT2D eigenvalue weighted by Gasteiger charge is 2.14. The van der Waals surface area contributed by atoms with Crippen LogP contribution in [0, 0.1) is 5.92 Å². The number of nitrogens with one attached hydrogen (secondary N) is 1. The second kappa shape index (κ2) is 8.51. The highest BCUT2D eigenvalue weighted by Crippen LogP contribution is 2.26. The van der Waals surface area contributed by atoms with Crippen LogP contribution in [0.4, 0.5) is 5.13 Å². The molecular weight excluding hydrogens is 258 g/mol. The molecule has 0 aliphatic rings. The normalized spacial score (nSPS) is 11.3. The summed E-state index contributed by atoms with van der Waals surface area (Å²) in [6, 6.07) is 0. The van der Waals surface area contributed by atoms with Gasteiger partial charge in [0, 0.05) is 31.6 Å². The van der Waals surface area contributed by atoms with Crippen molar-refractivity contribution >= 4 is 16.5 Å². The van der Waals surface area contributed by atoms with Gasteiger partial charge in [-0.15, -0.1) is 11.3 Å². The molecule has 110 valence electrons. The zero-order valence-corrected chi connectivity index (χ0v) is 13.6. The molecule has 1 aromatic heterocycles. The van der Waals surface area contributed by atoms with Gasteiger partial charge in [-0.25, -0.2) is 4.98 Å². The van der Waals surface area contributed by atoms with E-state index >= 15 is 0 Å². The molecule has 0 amide bonds. The minimum absolute atomic E-state index is 0.594. The highest BCUT2D eigenvalue weighted by atomic mass is 32.1. The second-order valence-corrected chi connectivity index (χ2v) is 6.06. The van der Waals surface area contributed by atoms with Crippen molar-refractivity contribution in [1.82, 2.24) is 10.3 Å². The van der Waals surface area contributed by atoms with Gasteiger partial charge in [0.15, 0.2) is 5.13 Å². The molecule has 0 unspecified atom stereocenters. The van der Waals surface area contributed by atoms with Gasteiger partial charge in [-0.3, -0.25) is 0 Å². The van der Waals surface area contributed by atoms with Gasteiger partial charge in [0.05, 0.1) is 12.3 Å². The van der Waals surface area contributed by atoms with Gasteiger partial charge in [0.25, 0.3) is 0 Å². The number of methoxy groups -OCH3 is 1. The number of nitrogens with zero attached hydrogens (tertiary/aromatic N) is 2. The summed E-state index contributed by atoms with van der Waals surface area (Å²) in [5.41, 5.74) is 1.07. The van der Waals surface area contributed by atoms with Crippen LogP contribution in [0.25, 0.3) is 0 Å². The molecule has 0 saturated heterocycles. The Morgan fingerprint density at radius 3 is 2.53 bits per heavy atom. The lowest BCUT2D eigenvalue weighted by Crippen LogP contribution is -2.21. The predicted octanol–water partition coefficient (Wildman–Crippen LogP) is 2.88. The lowest BCUT2D eigenvalue weighted by molar-refractivity contribution is 0.181. The number of aromatic nitrogens is 1. The van der Waals surface area contributed by atoms with Crippen LogP contribution in [0.3, 0.4) is 0 Å². The summed E-state index contributed by atoms with van der Waals surface area (Å²) in [7, 11) is 1.72. The standard InChI is InChI=1S/C14H27N3OS/c1-6-17(7-2)14-16-12(10-18-5)13(19-14)9-15-8-11(3)4/h11,15H,6-10H2,1-5H3. The van der Waals surface area contributed by atoms with E-state index in [-0.39, 0.29) is 0 Å². The third kappa shape index (κ3) is 5.09. The van der Waals surface area contributed by atoms with Crippen LogP contribution in [0.15, 0.2) is 0 Å². The predicted molar refractivity (Wildman–Crippen MR) is 82.9 cm³/mol. The molecular formula is C14H27N3OS. The fraction of sp³-hybridized carbons (Fsp3) is 0.786. The molecule has 0 saturated carbocycles. The maximum atomic E-state index is 5.25. The van der Waals surface area contributed by atoms with Crippen molar-refractivity contribution < 1.29 is 4.74 Å². The minimum Gasteiger partial charge on any atom is -0.378 e. The monoisotopic (exact) mass is 285 g/mol. The molecule has 1 heterocycles. The van der Waals surface area contributed by atoms with Gasteiger partial charge in [-0.2, -0.15) is 0 Å². The number of hydrogen-bond donors (Lipinski definition) is 1. The molecule has 0 fully saturated rings. The number of hydrogen-bond acceptors (Lipinski definition) is 5. The van der Waals surface area contributed by atoms with E-state index < -0.39 is 0 Å². The van der Waals surface area contributed by atoms with Crippen LogP contribution in [0.5, 0.6) is 0 Å². The Labute approximate surface area is 121 Å². The smallest absolute Gasteiger partial charge is 0.185 e. The Morgan fingerprint density at radius 1 is 1.32 bits per heavy atom. The molecule has 0 atom stereocenters.